The third-order valence-corrected chi connectivity index (χ3v) is 5.70. The number of hydrogen-bond donors (Lipinski definition) is 1. The largest absolute Gasteiger partial charge is 0.412 e. The molecule has 0 heterocycles. The van der Waals surface area contributed by atoms with E-state index in [9.17, 15) is 0 Å². The summed E-state index contributed by atoms with van der Waals surface area (Å²) in [6.45, 7) is 10.4. The molecule has 0 unspecified atom stereocenters. The molecule has 0 aromatic carbocycles. The van der Waals surface area contributed by atoms with Crippen molar-refractivity contribution in [3.63, 3.8) is 0 Å². The molecule has 0 rings (SSSR count). The maximum Gasteiger partial charge on any atom is 0.244 e. The second-order valence-corrected chi connectivity index (χ2v) is 11.9. The van der Waals surface area contributed by atoms with Crippen LogP contribution in [0.15, 0.2) is 0 Å². The van der Waals surface area contributed by atoms with E-state index in [2.05, 4.69) is 39.9 Å². The second kappa shape index (κ2) is 21.2. The van der Waals surface area contributed by atoms with Crippen LogP contribution in [0.3, 0.4) is 0 Å². The minimum Gasteiger partial charge on any atom is -0.412 e. The number of rotatable bonds is 14. The molecular formula is C16H39MoO3PS3. The van der Waals surface area contributed by atoms with Gasteiger partial charge in [0.25, 0.3) is 0 Å². The average molecular weight is 503 g/mol. The van der Waals surface area contributed by atoms with Gasteiger partial charge in [-0.1, -0.05) is 78.5 Å². The molecule has 0 atom stereocenters. The van der Waals surface area contributed by atoms with Crippen LogP contribution in [0.2, 0.25) is 0 Å². The van der Waals surface area contributed by atoms with Gasteiger partial charge in [0.05, 0.1) is 13.2 Å². The Labute approximate surface area is 182 Å². The molecule has 3 nitrogen and oxygen atoms in total. The summed E-state index contributed by atoms with van der Waals surface area (Å²) in [4.78, 5) is 0. The fraction of sp³-hybridized carbons (Fsp3) is 1.00. The predicted molar refractivity (Wildman–Crippen MR) is 116 cm³/mol. The minimum absolute atomic E-state index is 0. The zero-order valence-corrected chi connectivity index (χ0v) is 21.4. The Morgan fingerprint density at radius 2 is 1.12 bits per heavy atom. The molecule has 2 N–H and O–H groups in total. The van der Waals surface area contributed by atoms with Crippen LogP contribution in [-0.2, 0) is 41.9 Å². The molecule has 0 aliphatic rings. The molecule has 0 aliphatic heterocycles. The first-order valence-electron chi connectivity index (χ1n) is 8.45. The molecule has 0 fully saturated rings. The zero-order chi connectivity index (χ0) is 16.1. The molecule has 0 aromatic heterocycles. The summed E-state index contributed by atoms with van der Waals surface area (Å²) in [7, 11) is 0. The smallest absolute Gasteiger partial charge is 0.244 e. The van der Waals surface area contributed by atoms with Crippen LogP contribution >= 0.6 is 31.4 Å². The van der Waals surface area contributed by atoms with Crippen molar-refractivity contribution in [2.75, 3.05) is 13.2 Å². The summed E-state index contributed by atoms with van der Waals surface area (Å²) in [6, 6.07) is 0. The van der Waals surface area contributed by atoms with Crippen molar-refractivity contribution in [1.29, 1.82) is 0 Å². The van der Waals surface area contributed by atoms with E-state index in [1.807, 2.05) is 0 Å². The van der Waals surface area contributed by atoms with Crippen molar-refractivity contribution in [3.05, 3.63) is 0 Å². The van der Waals surface area contributed by atoms with E-state index in [0.717, 1.165) is 24.7 Å². The number of unbranched alkanes of at least 4 members (excludes halogenated alkanes) is 4. The van der Waals surface area contributed by atoms with Gasteiger partial charge in [-0.25, -0.2) is 0 Å². The summed E-state index contributed by atoms with van der Waals surface area (Å²) in [5.41, 5.74) is -2.30. The Bertz CT molecular complexity index is 272. The maximum atomic E-state index is 5.65. The average Bonchev–Trinajstić information content (AvgIpc) is 2.37. The van der Waals surface area contributed by atoms with Crippen LogP contribution < -0.4 is 0 Å². The predicted octanol–water partition coefficient (Wildman–Crippen LogP) is 5.89. The molecule has 0 aliphatic carbocycles. The van der Waals surface area contributed by atoms with E-state index < -0.39 is 5.69 Å². The summed E-state index contributed by atoms with van der Waals surface area (Å²) < 4.78 is 11.3. The first-order valence-corrected chi connectivity index (χ1v) is 12.2. The summed E-state index contributed by atoms with van der Waals surface area (Å²) in [5.74, 6) is 1.58. The molecule has 24 heavy (non-hydrogen) atoms. The van der Waals surface area contributed by atoms with Crippen molar-refractivity contribution in [2.45, 2.75) is 79.1 Å². The van der Waals surface area contributed by atoms with Crippen molar-refractivity contribution < 1.29 is 35.6 Å². The maximum absolute atomic E-state index is 5.65. The van der Waals surface area contributed by atoms with Crippen molar-refractivity contribution in [2.24, 2.45) is 11.8 Å². The number of hydrogen-bond acceptors (Lipinski definition) is 3. The molecule has 0 aromatic rings. The van der Waals surface area contributed by atoms with E-state index >= 15 is 0 Å². The molecule has 150 valence electrons. The Balaban J connectivity index is -0.000000667. The van der Waals surface area contributed by atoms with Gasteiger partial charge < -0.3 is 14.5 Å². The third kappa shape index (κ3) is 26.2. The van der Waals surface area contributed by atoms with Crippen LogP contribution in [0.4, 0.5) is 0 Å². The van der Waals surface area contributed by atoms with Crippen molar-refractivity contribution >= 4 is 43.2 Å². The van der Waals surface area contributed by atoms with Crippen LogP contribution in [0.5, 0.6) is 0 Å². The first-order chi connectivity index (χ1) is 9.83. The van der Waals surface area contributed by atoms with E-state index in [4.69, 9.17) is 20.9 Å². The molecule has 8 heteroatoms. The van der Waals surface area contributed by atoms with Crippen LogP contribution in [0, 0.1) is 11.8 Å². The normalized spacial score (nSPS) is 11.0. The molecule has 0 bridgehead atoms. The van der Waals surface area contributed by atoms with Crippen molar-refractivity contribution in [1.82, 2.24) is 0 Å². The monoisotopic (exact) mass is 504 g/mol. The molecule has 0 radical (unpaired) electrons. The SMILES string of the molecule is CC(C)CCCCCOP(=S)(S)OCCCCCC(C)C.O.S.[Mo]. The van der Waals surface area contributed by atoms with Crippen LogP contribution in [0.1, 0.15) is 79.1 Å². The molecule has 0 saturated carbocycles. The van der Waals surface area contributed by atoms with Gasteiger partial charge in [-0.3, -0.25) is 0 Å². The van der Waals surface area contributed by atoms with Crippen LogP contribution in [0.25, 0.3) is 0 Å². The molecular weight excluding hydrogens is 463 g/mol. The Hall–Kier alpha value is 1.92. The van der Waals surface area contributed by atoms with Gasteiger partial charge in [-0.15, -0.1) is 0 Å². The quantitative estimate of drug-likeness (QED) is 0.139. The summed E-state index contributed by atoms with van der Waals surface area (Å²) in [6.07, 6.45) is 9.66. The van der Waals surface area contributed by atoms with Gasteiger partial charge in [-0.05, 0) is 36.5 Å². The Morgan fingerprint density at radius 3 is 1.42 bits per heavy atom. The van der Waals surface area contributed by atoms with Gasteiger partial charge in [0.1, 0.15) is 0 Å². The van der Waals surface area contributed by atoms with Crippen LogP contribution in [-0.4, -0.2) is 18.7 Å². The van der Waals surface area contributed by atoms with Gasteiger partial charge in [-0.2, -0.15) is 13.5 Å². The Morgan fingerprint density at radius 1 is 0.792 bits per heavy atom. The Kier molecular flexibility index (Phi) is 29.6. The molecule has 0 spiro atoms. The van der Waals surface area contributed by atoms with E-state index in [-0.39, 0.29) is 40.0 Å². The van der Waals surface area contributed by atoms with Gasteiger partial charge in [0, 0.05) is 21.1 Å². The first kappa shape index (κ1) is 33.5. The second-order valence-electron chi connectivity index (χ2n) is 6.62. The number of thiol groups is 1. The van der Waals surface area contributed by atoms with Gasteiger partial charge >= 0.3 is 0 Å². The van der Waals surface area contributed by atoms with E-state index in [1.54, 1.807) is 0 Å². The summed E-state index contributed by atoms with van der Waals surface area (Å²) >= 11 is 9.70. The van der Waals surface area contributed by atoms with E-state index in [1.165, 1.54) is 38.5 Å². The van der Waals surface area contributed by atoms with Crippen molar-refractivity contribution in [3.8, 4) is 0 Å². The summed E-state index contributed by atoms with van der Waals surface area (Å²) in [5, 5.41) is 0. The van der Waals surface area contributed by atoms with Gasteiger partial charge in [0.2, 0.25) is 5.69 Å². The standard InChI is InChI=1S/C16H35O2PS2.Mo.H2O.H2S/c1-15(2)11-7-5-9-13-17-19(20,21)18-14-10-6-8-12-16(3)4;;;/h15-16H,5-14H2,1-4H3,(H,20,21);;2*1H2. The molecule has 0 amide bonds. The van der Waals surface area contributed by atoms with Gasteiger partial charge in [0.15, 0.2) is 0 Å². The zero-order valence-electron chi connectivity index (χ0n) is 15.8. The fourth-order valence-electron chi connectivity index (χ4n) is 2.06. The third-order valence-electron chi connectivity index (χ3n) is 3.36. The molecule has 0 saturated heterocycles. The fourth-order valence-corrected chi connectivity index (χ4v) is 3.79. The topological polar surface area (TPSA) is 50.0 Å². The van der Waals surface area contributed by atoms with E-state index in [0.29, 0.717) is 13.2 Å². The minimum atomic E-state index is -2.30.